The van der Waals surface area contributed by atoms with Crippen molar-refractivity contribution < 1.29 is 13.2 Å². The van der Waals surface area contributed by atoms with Crippen molar-refractivity contribution >= 4 is 11.4 Å². The fourth-order valence-electron chi connectivity index (χ4n) is 4.64. The number of anilines is 2. The van der Waals surface area contributed by atoms with E-state index >= 15 is 0 Å². The number of fused-ring (bicyclic) bond motifs is 1. The molecule has 1 unspecified atom stereocenters. The zero-order chi connectivity index (χ0) is 20.9. The summed E-state index contributed by atoms with van der Waals surface area (Å²) in [6, 6.07) is 3.24. The molecule has 5 rings (SSSR count). The molecule has 1 aromatic carbocycles. The highest BCUT2D eigenvalue weighted by Crippen LogP contribution is 2.41. The second kappa shape index (κ2) is 7.41. The van der Waals surface area contributed by atoms with Crippen LogP contribution in [0.2, 0.25) is 0 Å². The molecule has 1 saturated heterocycles. The van der Waals surface area contributed by atoms with Crippen molar-refractivity contribution in [3.63, 3.8) is 0 Å². The first-order valence-corrected chi connectivity index (χ1v) is 10.7. The maximum absolute atomic E-state index is 13.7. The number of hydrogen-bond acceptors (Lipinski definition) is 5. The highest BCUT2D eigenvalue weighted by molar-refractivity contribution is 5.63. The number of hydrogen-bond donors (Lipinski definition) is 1. The van der Waals surface area contributed by atoms with E-state index in [-0.39, 0.29) is 0 Å². The number of nitrogens with zero attached hydrogens (tertiary/aromatic N) is 4. The average molecular weight is 417 g/mol. The molecule has 5 nitrogen and oxygen atoms in total. The van der Waals surface area contributed by atoms with Crippen LogP contribution in [0.15, 0.2) is 24.5 Å². The van der Waals surface area contributed by atoms with Crippen molar-refractivity contribution in [2.75, 3.05) is 36.0 Å². The average Bonchev–Trinajstić information content (AvgIpc) is 3.57. The normalized spacial score (nSPS) is 22.2. The zero-order valence-corrected chi connectivity index (χ0v) is 17.0. The molecule has 0 spiro atoms. The summed E-state index contributed by atoms with van der Waals surface area (Å²) in [5.41, 5.74) is 2.53. The fourth-order valence-corrected chi connectivity index (χ4v) is 4.64. The summed E-state index contributed by atoms with van der Waals surface area (Å²) in [6.07, 6.45) is 1.96. The smallest absolute Gasteiger partial charge is 0.368 e. The van der Waals surface area contributed by atoms with Gasteiger partial charge in [0, 0.05) is 50.4 Å². The van der Waals surface area contributed by atoms with E-state index in [2.05, 4.69) is 32.0 Å². The Kier molecular flexibility index (Phi) is 4.84. The highest BCUT2D eigenvalue weighted by Gasteiger charge is 2.37. The lowest BCUT2D eigenvalue weighted by molar-refractivity contribution is -0.138. The quantitative estimate of drug-likeness (QED) is 0.825. The SMILES string of the molecule is CC1CN(c2ccc(C(F)(F)F)c3c2CN(c2cnc(C4CC4)nc2)CC3)CCN1. The van der Waals surface area contributed by atoms with Gasteiger partial charge in [-0.3, -0.25) is 0 Å². The Bertz CT molecular complexity index is 924. The third kappa shape index (κ3) is 3.73. The fraction of sp³-hybridized carbons (Fsp3) is 0.545. The highest BCUT2D eigenvalue weighted by atomic mass is 19.4. The first kappa shape index (κ1) is 19.6. The first-order chi connectivity index (χ1) is 14.4. The molecule has 0 bridgehead atoms. The van der Waals surface area contributed by atoms with Crippen LogP contribution in [0.25, 0.3) is 0 Å². The monoisotopic (exact) mass is 417 g/mol. The molecule has 1 aromatic heterocycles. The van der Waals surface area contributed by atoms with E-state index in [4.69, 9.17) is 0 Å². The molecular weight excluding hydrogens is 391 g/mol. The maximum atomic E-state index is 13.7. The number of aromatic nitrogens is 2. The molecule has 1 atom stereocenters. The summed E-state index contributed by atoms with van der Waals surface area (Å²) in [6.45, 7) is 5.49. The summed E-state index contributed by atoms with van der Waals surface area (Å²) < 4.78 is 41.1. The van der Waals surface area contributed by atoms with Crippen molar-refractivity contribution in [2.45, 2.75) is 50.9 Å². The van der Waals surface area contributed by atoms with Gasteiger partial charge >= 0.3 is 6.18 Å². The molecule has 1 aliphatic carbocycles. The molecule has 2 aliphatic heterocycles. The van der Waals surface area contributed by atoms with Gasteiger partial charge in [0.25, 0.3) is 0 Å². The van der Waals surface area contributed by atoms with Gasteiger partial charge in [0.15, 0.2) is 0 Å². The van der Waals surface area contributed by atoms with E-state index in [1.165, 1.54) is 6.07 Å². The van der Waals surface area contributed by atoms with Crippen molar-refractivity contribution in [1.29, 1.82) is 0 Å². The van der Waals surface area contributed by atoms with E-state index in [9.17, 15) is 13.2 Å². The molecule has 1 saturated carbocycles. The van der Waals surface area contributed by atoms with Crippen LogP contribution in [0.4, 0.5) is 24.5 Å². The lowest BCUT2D eigenvalue weighted by Gasteiger charge is -2.39. The molecule has 2 aromatic rings. The Morgan fingerprint density at radius 3 is 2.47 bits per heavy atom. The maximum Gasteiger partial charge on any atom is 0.416 e. The van der Waals surface area contributed by atoms with Gasteiger partial charge in [0.1, 0.15) is 5.82 Å². The summed E-state index contributed by atoms with van der Waals surface area (Å²) in [4.78, 5) is 13.3. The molecule has 160 valence electrons. The van der Waals surface area contributed by atoms with Crippen LogP contribution < -0.4 is 15.1 Å². The van der Waals surface area contributed by atoms with E-state index in [0.29, 0.717) is 37.0 Å². The van der Waals surface area contributed by atoms with E-state index in [0.717, 1.165) is 55.2 Å². The van der Waals surface area contributed by atoms with Crippen LogP contribution in [0.1, 0.15) is 48.2 Å². The van der Waals surface area contributed by atoms with Crippen LogP contribution in [-0.4, -0.2) is 42.2 Å². The Morgan fingerprint density at radius 1 is 1.03 bits per heavy atom. The number of alkyl halides is 3. The molecule has 3 heterocycles. The predicted octanol–water partition coefficient (Wildman–Crippen LogP) is 3.73. The topological polar surface area (TPSA) is 44.3 Å². The summed E-state index contributed by atoms with van der Waals surface area (Å²) in [7, 11) is 0. The van der Waals surface area contributed by atoms with Crippen molar-refractivity contribution in [2.24, 2.45) is 0 Å². The van der Waals surface area contributed by atoms with Crippen molar-refractivity contribution in [3.05, 3.63) is 47.0 Å². The van der Waals surface area contributed by atoms with Gasteiger partial charge in [-0.15, -0.1) is 0 Å². The van der Waals surface area contributed by atoms with Gasteiger partial charge in [-0.25, -0.2) is 9.97 Å². The van der Waals surface area contributed by atoms with E-state index in [1.54, 1.807) is 6.07 Å². The van der Waals surface area contributed by atoms with Crippen LogP contribution >= 0.6 is 0 Å². The number of nitrogens with one attached hydrogen (secondary N) is 1. The third-order valence-electron chi connectivity index (χ3n) is 6.37. The van der Waals surface area contributed by atoms with Crippen molar-refractivity contribution in [3.8, 4) is 0 Å². The Balaban J connectivity index is 1.49. The van der Waals surface area contributed by atoms with Gasteiger partial charge in [-0.2, -0.15) is 13.2 Å². The number of rotatable bonds is 3. The van der Waals surface area contributed by atoms with Crippen LogP contribution in [0.3, 0.4) is 0 Å². The van der Waals surface area contributed by atoms with Gasteiger partial charge in [-0.1, -0.05) is 0 Å². The van der Waals surface area contributed by atoms with Gasteiger partial charge in [-0.05, 0) is 49.4 Å². The molecule has 2 fully saturated rings. The van der Waals surface area contributed by atoms with Gasteiger partial charge in [0.2, 0.25) is 0 Å². The van der Waals surface area contributed by atoms with Gasteiger partial charge in [0.05, 0.1) is 23.6 Å². The number of piperazine rings is 1. The Labute approximate surface area is 174 Å². The third-order valence-corrected chi connectivity index (χ3v) is 6.37. The molecule has 0 radical (unpaired) electrons. The molecular formula is C22H26F3N5. The molecule has 8 heteroatoms. The second-order valence-electron chi connectivity index (χ2n) is 8.63. The largest absolute Gasteiger partial charge is 0.416 e. The zero-order valence-electron chi connectivity index (χ0n) is 17.0. The van der Waals surface area contributed by atoms with Crippen LogP contribution in [0, 0.1) is 0 Å². The van der Waals surface area contributed by atoms with E-state index < -0.39 is 11.7 Å². The minimum Gasteiger partial charge on any atom is -0.368 e. The summed E-state index contributed by atoms with van der Waals surface area (Å²) in [5, 5.41) is 3.40. The summed E-state index contributed by atoms with van der Waals surface area (Å²) >= 11 is 0. The molecule has 1 N–H and O–H groups in total. The van der Waals surface area contributed by atoms with Crippen LogP contribution in [0.5, 0.6) is 0 Å². The first-order valence-electron chi connectivity index (χ1n) is 10.7. The second-order valence-corrected chi connectivity index (χ2v) is 8.63. The molecule has 0 amide bonds. The molecule has 3 aliphatic rings. The van der Waals surface area contributed by atoms with Crippen LogP contribution in [-0.2, 0) is 19.1 Å². The standard InChI is InChI=1S/C22H26F3N5/c1-14-12-30(9-7-26-14)20-5-4-19(22(23,24)25)17-6-8-29(13-18(17)20)16-10-27-21(28-11-16)15-2-3-15/h4-5,10-11,14-15,26H,2-3,6-9,12-13H2,1H3. The van der Waals surface area contributed by atoms with Crippen molar-refractivity contribution in [1.82, 2.24) is 15.3 Å². The minimum absolute atomic E-state index is 0.305. The number of halogens is 3. The lowest BCUT2D eigenvalue weighted by atomic mass is 9.91. The minimum atomic E-state index is -4.34. The lowest BCUT2D eigenvalue weighted by Crippen LogP contribution is -2.50. The molecule has 30 heavy (non-hydrogen) atoms. The predicted molar refractivity (Wildman–Crippen MR) is 110 cm³/mol. The van der Waals surface area contributed by atoms with E-state index in [1.807, 2.05) is 12.4 Å². The van der Waals surface area contributed by atoms with Gasteiger partial charge < -0.3 is 15.1 Å². The number of benzene rings is 1. The Hall–Kier alpha value is -2.35. The summed E-state index contributed by atoms with van der Waals surface area (Å²) in [5.74, 6) is 1.36. The Morgan fingerprint density at radius 2 is 1.80 bits per heavy atom.